The SMILES string of the molecule is C/C(=C\CN1C(=O)c2cccc(O)c2Nc2ccc(O)cc21)CCCO. The number of hydrogen-bond donors (Lipinski definition) is 4. The molecule has 0 fully saturated rings. The molecule has 6 heteroatoms. The molecule has 0 saturated carbocycles. The maximum Gasteiger partial charge on any atom is 0.260 e. The van der Waals surface area contributed by atoms with Gasteiger partial charge in [-0.25, -0.2) is 0 Å². The van der Waals surface area contributed by atoms with Crippen LogP contribution in [0.3, 0.4) is 0 Å². The summed E-state index contributed by atoms with van der Waals surface area (Å²) in [5.41, 5.74) is 2.95. The Morgan fingerprint density at radius 1 is 1.23 bits per heavy atom. The van der Waals surface area contributed by atoms with E-state index in [1.807, 2.05) is 13.0 Å². The molecular weight excluding hydrogens is 332 g/mol. The van der Waals surface area contributed by atoms with Crippen molar-refractivity contribution in [3.05, 3.63) is 53.6 Å². The summed E-state index contributed by atoms with van der Waals surface area (Å²) in [5, 5.41) is 32.1. The van der Waals surface area contributed by atoms with Crippen molar-refractivity contribution in [3.63, 3.8) is 0 Å². The maximum absolute atomic E-state index is 13.1. The van der Waals surface area contributed by atoms with Gasteiger partial charge in [-0.1, -0.05) is 17.7 Å². The number of benzene rings is 2. The molecule has 1 heterocycles. The number of fused-ring (bicyclic) bond motifs is 2. The topological polar surface area (TPSA) is 93.0 Å². The van der Waals surface area contributed by atoms with Gasteiger partial charge in [0.1, 0.15) is 11.5 Å². The Labute approximate surface area is 152 Å². The van der Waals surface area contributed by atoms with E-state index in [-0.39, 0.29) is 24.0 Å². The van der Waals surface area contributed by atoms with E-state index in [2.05, 4.69) is 5.32 Å². The van der Waals surface area contributed by atoms with Crippen molar-refractivity contribution in [1.29, 1.82) is 0 Å². The lowest BCUT2D eigenvalue weighted by Crippen LogP contribution is -2.30. The fourth-order valence-corrected chi connectivity index (χ4v) is 2.98. The molecule has 0 aromatic heterocycles. The molecule has 26 heavy (non-hydrogen) atoms. The number of carbonyl (C=O) groups excluding carboxylic acids is 1. The standard InChI is InChI=1S/C20H22N2O4/c1-13(4-3-11-23)9-10-22-17-12-14(24)7-8-16(17)21-19-15(20(22)26)5-2-6-18(19)25/h2,5-9,12,21,23-25H,3-4,10-11H2,1H3/b13-9+. The zero-order valence-electron chi connectivity index (χ0n) is 14.6. The van der Waals surface area contributed by atoms with E-state index in [0.29, 0.717) is 35.6 Å². The second-order valence-electron chi connectivity index (χ2n) is 6.32. The van der Waals surface area contributed by atoms with E-state index in [0.717, 1.165) is 12.0 Å². The van der Waals surface area contributed by atoms with Crippen LogP contribution < -0.4 is 10.2 Å². The molecular formula is C20H22N2O4. The van der Waals surface area contributed by atoms with Crippen LogP contribution in [0.1, 0.15) is 30.1 Å². The minimum Gasteiger partial charge on any atom is -0.508 e. The van der Waals surface area contributed by atoms with Gasteiger partial charge in [-0.15, -0.1) is 0 Å². The molecule has 3 rings (SSSR count). The third kappa shape index (κ3) is 3.50. The van der Waals surface area contributed by atoms with E-state index < -0.39 is 0 Å². The van der Waals surface area contributed by atoms with Crippen molar-refractivity contribution < 1.29 is 20.1 Å². The van der Waals surface area contributed by atoms with Crippen molar-refractivity contribution in [2.24, 2.45) is 0 Å². The summed E-state index contributed by atoms with van der Waals surface area (Å²) in [4.78, 5) is 14.7. The number of nitrogens with one attached hydrogen (secondary N) is 1. The minimum absolute atomic E-state index is 0.00797. The molecule has 136 valence electrons. The summed E-state index contributed by atoms with van der Waals surface area (Å²) >= 11 is 0. The second-order valence-corrected chi connectivity index (χ2v) is 6.32. The van der Waals surface area contributed by atoms with Crippen LogP contribution in [0.15, 0.2) is 48.0 Å². The Balaban J connectivity index is 2.04. The Hall–Kier alpha value is -2.99. The van der Waals surface area contributed by atoms with Gasteiger partial charge in [0.15, 0.2) is 0 Å². The van der Waals surface area contributed by atoms with E-state index in [9.17, 15) is 15.0 Å². The van der Waals surface area contributed by atoms with Crippen molar-refractivity contribution >= 4 is 23.0 Å². The summed E-state index contributed by atoms with van der Waals surface area (Å²) in [5.74, 6) is -0.218. The van der Waals surface area contributed by atoms with Gasteiger partial charge in [-0.3, -0.25) is 4.79 Å². The number of carbonyl (C=O) groups is 1. The third-order valence-electron chi connectivity index (χ3n) is 4.40. The predicted molar refractivity (Wildman–Crippen MR) is 101 cm³/mol. The Morgan fingerprint density at radius 3 is 2.81 bits per heavy atom. The molecule has 0 saturated heterocycles. The highest BCUT2D eigenvalue weighted by Gasteiger charge is 2.28. The fourth-order valence-electron chi connectivity index (χ4n) is 2.98. The van der Waals surface area contributed by atoms with Crippen LogP contribution >= 0.6 is 0 Å². The van der Waals surface area contributed by atoms with Crippen molar-refractivity contribution in [1.82, 2.24) is 0 Å². The average molecular weight is 354 g/mol. The van der Waals surface area contributed by atoms with Crippen LogP contribution in [0.4, 0.5) is 17.1 Å². The highest BCUT2D eigenvalue weighted by atomic mass is 16.3. The number of nitrogens with zero attached hydrogens (tertiary/aromatic N) is 1. The van der Waals surface area contributed by atoms with Crippen molar-refractivity contribution in [2.45, 2.75) is 19.8 Å². The van der Waals surface area contributed by atoms with Crippen molar-refractivity contribution in [3.8, 4) is 11.5 Å². The number of aliphatic hydroxyl groups is 1. The minimum atomic E-state index is -0.265. The van der Waals surface area contributed by atoms with Gasteiger partial charge in [-0.2, -0.15) is 0 Å². The van der Waals surface area contributed by atoms with Crippen LogP contribution in [-0.2, 0) is 0 Å². The first kappa shape index (κ1) is 17.8. The lowest BCUT2D eigenvalue weighted by atomic mass is 10.1. The van der Waals surface area contributed by atoms with Crippen LogP contribution in [0.5, 0.6) is 11.5 Å². The smallest absolute Gasteiger partial charge is 0.260 e. The summed E-state index contributed by atoms with van der Waals surface area (Å²) < 4.78 is 0. The molecule has 0 bridgehead atoms. The number of phenolic OH excluding ortho intramolecular Hbond substituents is 2. The number of aromatic hydroxyl groups is 2. The number of hydrogen-bond acceptors (Lipinski definition) is 5. The van der Waals surface area contributed by atoms with E-state index in [1.165, 1.54) is 18.2 Å². The number of amides is 1. The zero-order valence-corrected chi connectivity index (χ0v) is 14.6. The van der Waals surface area contributed by atoms with Gasteiger partial charge in [-0.05, 0) is 44.0 Å². The van der Waals surface area contributed by atoms with Crippen LogP contribution in [0.25, 0.3) is 0 Å². The first-order valence-corrected chi connectivity index (χ1v) is 8.51. The second kappa shape index (κ2) is 7.49. The first-order chi connectivity index (χ1) is 12.5. The number of allylic oxidation sites excluding steroid dienone is 1. The van der Waals surface area contributed by atoms with Crippen molar-refractivity contribution in [2.75, 3.05) is 23.4 Å². The monoisotopic (exact) mass is 354 g/mol. The van der Waals surface area contributed by atoms with Gasteiger partial charge in [0.25, 0.3) is 5.91 Å². The maximum atomic E-state index is 13.1. The largest absolute Gasteiger partial charge is 0.508 e. The Kier molecular flexibility index (Phi) is 5.14. The number of anilines is 3. The number of para-hydroxylation sites is 1. The summed E-state index contributed by atoms with van der Waals surface area (Å²) in [6, 6.07) is 9.54. The molecule has 0 atom stereocenters. The highest BCUT2D eigenvalue weighted by molar-refractivity contribution is 6.14. The quantitative estimate of drug-likeness (QED) is 0.374. The lowest BCUT2D eigenvalue weighted by Gasteiger charge is -2.22. The van der Waals surface area contributed by atoms with Gasteiger partial charge < -0.3 is 25.5 Å². The summed E-state index contributed by atoms with van der Waals surface area (Å²) in [7, 11) is 0. The third-order valence-corrected chi connectivity index (χ3v) is 4.40. The predicted octanol–water partition coefficient (Wildman–Crippen LogP) is 3.52. The highest BCUT2D eigenvalue weighted by Crippen LogP contribution is 2.40. The summed E-state index contributed by atoms with van der Waals surface area (Å²) in [6.45, 7) is 2.41. The number of phenols is 2. The molecule has 1 aliphatic rings. The normalized spacial score (nSPS) is 13.7. The van der Waals surface area contributed by atoms with E-state index in [4.69, 9.17) is 5.11 Å². The molecule has 1 amide bonds. The van der Waals surface area contributed by atoms with Gasteiger partial charge in [0.05, 0.1) is 22.6 Å². The molecule has 1 aliphatic heterocycles. The molecule has 2 aromatic carbocycles. The fraction of sp³-hybridized carbons (Fsp3) is 0.250. The Bertz CT molecular complexity index is 861. The molecule has 2 aromatic rings. The molecule has 6 nitrogen and oxygen atoms in total. The molecule has 0 spiro atoms. The molecule has 0 unspecified atom stereocenters. The number of rotatable bonds is 5. The first-order valence-electron chi connectivity index (χ1n) is 8.51. The van der Waals surface area contributed by atoms with E-state index in [1.54, 1.807) is 23.1 Å². The van der Waals surface area contributed by atoms with Crippen LogP contribution in [0.2, 0.25) is 0 Å². The van der Waals surface area contributed by atoms with Crippen LogP contribution in [-0.4, -0.2) is 34.4 Å². The lowest BCUT2D eigenvalue weighted by molar-refractivity contribution is 0.0991. The molecule has 0 aliphatic carbocycles. The molecule has 4 N–H and O–H groups in total. The number of aliphatic hydroxyl groups excluding tert-OH is 1. The van der Waals surface area contributed by atoms with E-state index >= 15 is 0 Å². The van der Waals surface area contributed by atoms with Gasteiger partial charge in [0.2, 0.25) is 0 Å². The van der Waals surface area contributed by atoms with Crippen LogP contribution in [0, 0.1) is 0 Å². The Morgan fingerprint density at radius 2 is 2.04 bits per heavy atom. The summed E-state index contributed by atoms with van der Waals surface area (Å²) in [6.07, 6.45) is 3.36. The average Bonchev–Trinajstić information content (AvgIpc) is 2.74. The molecule has 0 radical (unpaired) electrons. The van der Waals surface area contributed by atoms with Gasteiger partial charge >= 0.3 is 0 Å². The van der Waals surface area contributed by atoms with Gasteiger partial charge in [0, 0.05) is 19.2 Å². The zero-order chi connectivity index (χ0) is 18.7.